The lowest BCUT2D eigenvalue weighted by molar-refractivity contribution is 0.0192. The van der Waals surface area contributed by atoms with E-state index in [2.05, 4.69) is 11.4 Å². The highest BCUT2D eigenvalue weighted by Gasteiger charge is 2.25. The van der Waals surface area contributed by atoms with Crippen LogP contribution >= 0.6 is 0 Å². The molecule has 1 N–H and O–H groups in total. The number of hydrogen-bond acceptors (Lipinski definition) is 4. The summed E-state index contributed by atoms with van der Waals surface area (Å²) in [7, 11) is 1.84. The summed E-state index contributed by atoms with van der Waals surface area (Å²) in [5.74, 6) is -0.244. The molecule has 1 aliphatic rings. The Bertz CT molecular complexity index is 796. The Labute approximate surface area is 148 Å². The van der Waals surface area contributed by atoms with E-state index in [1.54, 1.807) is 10.6 Å². The van der Waals surface area contributed by atoms with Crippen LogP contribution in [0.5, 0.6) is 0 Å². The van der Waals surface area contributed by atoms with Crippen LogP contribution < -0.4 is 5.32 Å². The van der Waals surface area contributed by atoms with Gasteiger partial charge >= 0.3 is 5.97 Å². The molecule has 25 heavy (non-hydrogen) atoms. The van der Waals surface area contributed by atoms with Gasteiger partial charge in [-0.3, -0.25) is 0 Å². The average Bonchev–Trinajstić information content (AvgIpc) is 3.04. The van der Waals surface area contributed by atoms with Crippen molar-refractivity contribution in [3.05, 3.63) is 53.3 Å². The normalized spacial score (nSPS) is 19.9. The number of anilines is 1. The fraction of sp³-hybridized carbons (Fsp3) is 0.400. The van der Waals surface area contributed by atoms with Gasteiger partial charge in [-0.05, 0) is 68.5 Å². The van der Waals surface area contributed by atoms with Crippen LogP contribution in [-0.4, -0.2) is 22.7 Å². The molecule has 0 bridgehead atoms. The number of carbonyl (C=O) groups is 1. The predicted molar refractivity (Wildman–Crippen MR) is 96.4 cm³/mol. The van der Waals surface area contributed by atoms with Gasteiger partial charge in [0.1, 0.15) is 11.8 Å². The van der Waals surface area contributed by atoms with E-state index in [1.165, 1.54) is 0 Å². The van der Waals surface area contributed by atoms with Crippen LogP contribution in [0.3, 0.4) is 0 Å². The summed E-state index contributed by atoms with van der Waals surface area (Å²) in [6.07, 6.45) is 5.49. The molecule has 1 heterocycles. The van der Waals surface area contributed by atoms with E-state index >= 15 is 0 Å². The first-order chi connectivity index (χ1) is 12.1. The number of ether oxygens (including phenoxy) is 1. The maximum atomic E-state index is 12.2. The molecule has 0 saturated heterocycles. The van der Waals surface area contributed by atoms with E-state index in [-0.39, 0.29) is 12.1 Å². The zero-order chi connectivity index (χ0) is 17.8. The Hall–Kier alpha value is -2.74. The van der Waals surface area contributed by atoms with Gasteiger partial charge in [-0.2, -0.15) is 5.26 Å². The lowest BCUT2D eigenvalue weighted by Gasteiger charge is -2.30. The van der Waals surface area contributed by atoms with Gasteiger partial charge in [0.05, 0.1) is 11.6 Å². The number of aromatic nitrogens is 1. The molecule has 1 aromatic heterocycles. The molecular formula is C20H23N3O2. The van der Waals surface area contributed by atoms with Gasteiger partial charge in [0.25, 0.3) is 0 Å². The first-order valence-electron chi connectivity index (χ1n) is 8.66. The molecule has 2 aromatic rings. The Morgan fingerprint density at radius 3 is 2.64 bits per heavy atom. The minimum atomic E-state index is -0.244. The van der Waals surface area contributed by atoms with Gasteiger partial charge in [-0.25, -0.2) is 4.79 Å². The van der Waals surface area contributed by atoms with Gasteiger partial charge in [-0.15, -0.1) is 0 Å². The van der Waals surface area contributed by atoms with E-state index in [0.717, 1.165) is 36.9 Å². The number of esters is 1. The van der Waals surface area contributed by atoms with E-state index in [9.17, 15) is 4.79 Å². The van der Waals surface area contributed by atoms with Gasteiger partial charge in [-0.1, -0.05) is 0 Å². The summed E-state index contributed by atoms with van der Waals surface area (Å²) in [5, 5.41) is 12.5. The Morgan fingerprint density at radius 1 is 1.28 bits per heavy atom. The fourth-order valence-corrected chi connectivity index (χ4v) is 3.33. The molecule has 0 spiro atoms. The summed E-state index contributed by atoms with van der Waals surface area (Å²) >= 11 is 0. The van der Waals surface area contributed by atoms with Crippen LogP contribution in [0, 0.1) is 18.3 Å². The van der Waals surface area contributed by atoms with Crippen molar-refractivity contribution in [2.24, 2.45) is 7.05 Å². The molecule has 0 radical (unpaired) electrons. The van der Waals surface area contributed by atoms with E-state index in [4.69, 9.17) is 10.00 Å². The topological polar surface area (TPSA) is 67.0 Å². The highest BCUT2D eigenvalue weighted by Crippen LogP contribution is 2.26. The zero-order valence-electron chi connectivity index (χ0n) is 14.7. The predicted octanol–water partition coefficient (Wildman–Crippen LogP) is 3.79. The third-order valence-corrected chi connectivity index (χ3v) is 4.82. The summed E-state index contributed by atoms with van der Waals surface area (Å²) in [4.78, 5) is 12.2. The number of hydrogen-bond donors (Lipinski definition) is 1. The third-order valence-electron chi connectivity index (χ3n) is 4.82. The van der Waals surface area contributed by atoms with E-state index in [1.807, 2.05) is 44.4 Å². The highest BCUT2D eigenvalue weighted by atomic mass is 16.5. The van der Waals surface area contributed by atoms with E-state index < -0.39 is 0 Å². The average molecular weight is 337 g/mol. The van der Waals surface area contributed by atoms with Crippen LogP contribution in [0.15, 0.2) is 36.5 Å². The number of nitrogens with one attached hydrogen (secondary N) is 1. The molecule has 1 fully saturated rings. The number of nitrogens with zero attached hydrogens (tertiary/aromatic N) is 2. The van der Waals surface area contributed by atoms with Crippen molar-refractivity contribution in [1.29, 1.82) is 5.26 Å². The summed E-state index contributed by atoms with van der Waals surface area (Å²) in [6, 6.07) is 11.9. The Morgan fingerprint density at radius 2 is 2.04 bits per heavy atom. The lowest BCUT2D eigenvalue weighted by atomic mass is 9.92. The summed E-state index contributed by atoms with van der Waals surface area (Å²) in [5.41, 5.74) is 3.42. The third kappa shape index (κ3) is 4.03. The van der Waals surface area contributed by atoms with E-state index in [0.29, 0.717) is 17.3 Å². The fourth-order valence-electron chi connectivity index (χ4n) is 3.33. The smallest absolute Gasteiger partial charge is 0.355 e. The van der Waals surface area contributed by atoms with Crippen LogP contribution in [0.4, 0.5) is 5.69 Å². The molecule has 5 nitrogen and oxygen atoms in total. The SMILES string of the molecule is Cc1cc(C#N)ccc1NC1CCC(OC(=O)c2cccn2C)CC1. The molecule has 3 rings (SSSR count). The first-order valence-corrected chi connectivity index (χ1v) is 8.66. The molecule has 5 heteroatoms. The standard InChI is InChI=1S/C20H23N3O2/c1-14-12-15(13-21)5-10-18(14)22-16-6-8-17(9-7-16)25-20(24)19-4-3-11-23(19)2/h3-5,10-12,16-17,22H,6-9H2,1-2H3. The number of nitriles is 1. The highest BCUT2D eigenvalue weighted by molar-refractivity contribution is 5.87. The van der Waals surface area contributed by atoms with Crippen LogP contribution in [0.25, 0.3) is 0 Å². The number of carbonyl (C=O) groups excluding carboxylic acids is 1. The quantitative estimate of drug-likeness (QED) is 0.862. The number of rotatable bonds is 4. The van der Waals surface area contributed by atoms with Crippen LogP contribution in [0.2, 0.25) is 0 Å². The van der Waals surface area contributed by atoms with Crippen molar-refractivity contribution in [3.8, 4) is 6.07 Å². The van der Waals surface area contributed by atoms with Gasteiger partial charge in [0.2, 0.25) is 0 Å². The maximum absolute atomic E-state index is 12.2. The second-order valence-corrected chi connectivity index (χ2v) is 6.67. The largest absolute Gasteiger partial charge is 0.458 e. The summed E-state index contributed by atoms with van der Waals surface area (Å²) in [6.45, 7) is 2.01. The zero-order valence-corrected chi connectivity index (χ0v) is 14.7. The number of aryl methyl sites for hydroxylation is 2. The van der Waals surface area contributed by atoms with Crippen molar-refractivity contribution in [3.63, 3.8) is 0 Å². The van der Waals surface area contributed by atoms with Crippen molar-refractivity contribution < 1.29 is 9.53 Å². The van der Waals surface area contributed by atoms with Crippen LogP contribution in [0.1, 0.15) is 47.3 Å². The maximum Gasteiger partial charge on any atom is 0.355 e. The lowest BCUT2D eigenvalue weighted by Crippen LogP contribution is -2.31. The molecule has 1 saturated carbocycles. The van der Waals surface area contributed by atoms with Gasteiger partial charge < -0.3 is 14.6 Å². The van der Waals surface area contributed by atoms with Crippen molar-refractivity contribution in [2.45, 2.75) is 44.8 Å². The van der Waals surface area contributed by atoms with Crippen molar-refractivity contribution in [2.75, 3.05) is 5.32 Å². The summed E-state index contributed by atoms with van der Waals surface area (Å²) < 4.78 is 7.43. The van der Waals surface area contributed by atoms with Gasteiger partial charge in [0, 0.05) is 25.0 Å². The second-order valence-electron chi connectivity index (χ2n) is 6.67. The molecule has 1 aromatic carbocycles. The van der Waals surface area contributed by atoms with Crippen molar-refractivity contribution >= 4 is 11.7 Å². The molecule has 130 valence electrons. The monoisotopic (exact) mass is 337 g/mol. The number of benzene rings is 1. The minimum Gasteiger partial charge on any atom is -0.458 e. The first kappa shape index (κ1) is 17.1. The molecule has 0 amide bonds. The molecule has 0 aliphatic heterocycles. The molecule has 1 aliphatic carbocycles. The second kappa shape index (κ2) is 7.43. The van der Waals surface area contributed by atoms with Gasteiger partial charge in [0.15, 0.2) is 0 Å². The molecule has 0 atom stereocenters. The Balaban J connectivity index is 1.51. The molecular weight excluding hydrogens is 314 g/mol. The van der Waals surface area contributed by atoms with Crippen molar-refractivity contribution in [1.82, 2.24) is 4.57 Å². The minimum absolute atomic E-state index is 0.0116. The van der Waals surface area contributed by atoms with Crippen LogP contribution in [-0.2, 0) is 11.8 Å². The molecule has 0 unspecified atom stereocenters. The Kier molecular flexibility index (Phi) is 5.08.